The number of morpholine rings is 1. The summed E-state index contributed by atoms with van der Waals surface area (Å²) in [6.45, 7) is 2.78. The van der Waals surface area contributed by atoms with Crippen LogP contribution in [0.1, 0.15) is 5.69 Å². The van der Waals surface area contributed by atoms with Crippen molar-refractivity contribution in [3.63, 3.8) is 0 Å². The minimum atomic E-state index is -0.236. The van der Waals surface area contributed by atoms with Crippen LogP contribution in [0.5, 0.6) is 5.75 Å². The van der Waals surface area contributed by atoms with E-state index in [4.69, 9.17) is 9.72 Å². The average molecular weight is 444 g/mol. The molecule has 1 aromatic heterocycles. The molecule has 6 nitrogen and oxygen atoms in total. The maximum absolute atomic E-state index is 12.4. The van der Waals surface area contributed by atoms with Crippen LogP contribution in [-0.2, 0) is 9.53 Å². The first-order chi connectivity index (χ1) is 15.7. The zero-order chi connectivity index (χ0) is 21.9. The first-order valence-corrected chi connectivity index (χ1v) is 11.2. The molecule has 2 aromatic carbocycles. The van der Waals surface area contributed by atoms with Crippen molar-refractivity contribution in [2.75, 3.05) is 26.3 Å². The van der Waals surface area contributed by atoms with Gasteiger partial charge >= 0.3 is 0 Å². The van der Waals surface area contributed by atoms with E-state index >= 15 is 0 Å². The lowest BCUT2D eigenvalue weighted by molar-refractivity contribution is -0.113. The van der Waals surface area contributed by atoms with Crippen molar-refractivity contribution in [2.24, 2.45) is 4.99 Å². The fourth-order valence-electron chi connectivity index (χ4n) is 3.66. The second-order valence-electron chi connectivity index (χ2n) is 7.46. The molecule has 5 rings (SSSR count). The molecule has 0 unspecified atom stereocenters. The Hall–Kier alpha value is -3.42. The number of amidine groups is 1. The minimum Gasteiger partial charge on any atom is -0.507 e. The van der Waals surface area contributed by atoms with Gasteiger partial charge in [-0.25, -0.2) is 4.98 Å². The Bertz CT molecular complexity index is 1220. The smallest absolute Gasteiger partial charge is 0.286 e. The predicted octanol–water partition coefficient (Wildman–Crippen LogP) is 4.42. The van der Waals surface area contributed by atoms with E-state index in [1.165, 1.54) is 11.8 Å². The summed E-state index contributed by atoms with van der Waals surface area (Å²) in [5, 5.41) is 11.1. The van der Waals surface area contributed by atoms with E-state index in [2.05, 4.69) is 9.89 Å². The molecule has 160 valence electrons. The Labute approximate surface area is 190 Å². The molecule has 0 atom stereocenters. The number of hydrogen-bond acceptors (Lipinski definition) is 6. The maximum atomic E-state index is 12.4. The first kappa shape index (κ1) is 20.5. The van der Waals surface area contributed by atoms with Crippen molar-refractivity contribution >= 4 is 28.9 Å². The number of aliphatic imine (C=N–C) groups is 1. The second-order valence-corrected chi connectivity index (χ2v) is 8.46. The van der Waals surface area contributed by atoms with Gasteiger partial charge in [-0.15, -0.1) is 0 Å². The van der Waals surface area contributed by atoms with Gasteiger partial charge < -0.3 is 14.7 Å². The van der Waals surface area contributed by atoms with Crippen LogP contribution >= 0.6 is 11.8 Å². The van der Waals surface area contributed by atoms with Gasteiger partial charge in [0.1, 0.15) is 5.75 Å². The number of ether oxygens (including phenoxy) is 1. The molecule has 1 amide bonds. The number of carbonyl (C=O) groups excluding carboxylic acids is 1. The number of pyridine rings is 1. The number of hydrogen-bond donors (Lipinski definition) is 1. The number of benzene rings is 2. The average Bonchev–Trinajstić information content (AvgIpc) is 3.21. The number of nitrogens with zero attached hydrogens (tertiary/aromatic N) is 3. The maximum Gasteiger partial charge on any atom is 0.286 e. The summed E-state index contributed by atoms with van der Waals surface area (Å²) in [6.07, 6.45) is 1.78. The Morgan fingerprint density at radius 3 is 2.59 bits per heavy atom. The van der Waals surface area contributed by atoms with Crippen LogP contribution in [0, 0.1) is 0 Å². The van der Waals surface area contributed by atoms with E-state index in [9.17, 15) is 9.90 Å². The highest BCUT2D eigenvalue weighted by atomic mass is 32.2. The largest absolute Gasteiger partial charge is 0.507 e. The van der Waals surface area contributed by atoms with Gasteiger partial charge in [-0.3, -0.25) is 4.79 Å². The fourth-order valence-corrected chi connectivity index (χ4v) is 4.61. The van der Waals surface area contributed by atoms with Crippen LogP contribution in [0.3, 0.4) is 0 Å². The van der Waals surface area contributed by atoms with Gasteiger partial charge in [-0.1, -0.05) is 36.4 Å². The number of thioether (sulfide) groups is 1. The third-order valence-electron chi connectivity index (χ3n) is 5.32. The van der Waals surface area contributed by atoms with Gasteiger partial charge in [0.2, 0.25) is 0 Å². The van der Waals surface area contributed by atoms with E-state index < -0.39 is 0 Å². The Balaban J connectivity index is 1.41. The molecule has 3 aromatic rings. The Kier molecular flexibility index (Phi) is 5.75. The number of carbonyl (C=O) groups is 1. The monoisotopic (exact) mass is 443 g/mol. The number of aromatic nitrogens is 1. The van der Waals surface area contributed by atoms with Crippen LogP contribution < -0.4 is 0 Å². The second kappa shape index (κ2) is 8.98. The lowest BCUT2D eigenvalue weighted by atomic mass is 10.0. The molecule has 0 bridgehead atoms. The molecule has 1 saturated heterocycles. The molecule has 3 heterocycles. The highest BCUT2D eigenvalue weighted by Crippen LogP contribution is 2.34. The summed E-state index contributed by atoms with van der Waals surface area (Å²) < 4.78 is 5.38. The highest BCUT2D eigenvalue weighted by Gasteiger charge is 2.27. The summed E-state index contributed by atoms with van der Waals surface area (Å²) in [5.74, 6) is -0.0151. The van der Waals surface area contributed by atoms with Gasteiger partial charge in [0.05, 0.1) is 29.5 Å². The van der Waals surface area contributed by atoms with E-state index in [0.29, 0.717) is 23.8 Å². The molecular weight excluding hydrogens is 422 g/mol. The van der Waals surface area contributed by atoms with Crippen LogP contribution in [0.25, 0.3) is 28.5 Å². The number of phenols is 1. The van der Waals surface area contributed by atoms with E-state index in [1.54, 1.807) is 12.1 Å². The summed E-state index contributed by atoms with van der Waals surface area (Å²) in [4.78, 5) is 24.0. The topological polar surface area (TPSA) is 75.0 Å². The summed E-state index contributed by atoms with van der Waals surface area (Å²) in [6, 6.07) is 20.9. The number of aromatic hydroxyl groups is 1. The summed E-state index contributed by atoms with van der Waals surface area (Å²) in [7, 11) is 0. The first-order valence-electron chi connectivity index (χ1n) is 10.4. The molecule has 7 heteroatoms. The van der Waals surface area contributed by atoms with Crippen molar-refractivity contribution < 1.29 is 14.6 Å². The van der Waals surface area contributed by atoms with Crippen LogP contribution in [0.15, 0.2) is 76.6 Å². The standard InChI is InChI=1S/C25H21N3O3S/c29-22-10-9-18(15-20(22)17-5-2-1-3-6-17)21-8-4-7-19(26-21)16-23-24(30)27-25(32-23)28-11-13-31-14-12-28/h1-10,15-16,29H,11-14H2/b23-16-. The zero-order valence-electron chi connectivity index (χ0n) is 17.3. The molecule has 0 aliphatic carbocycles. The quantitative estimate of drug-likeness (QED) is 0.604. The van der Waals surface area contributed by atoms with Gasteiger partial charge in [0.15, 0.2) is 5.17 Å². The molecular formula is C25H21N3O3S. The lowest BCUT2D eigenvalue weighted by Gasteiger charge is -2.27. The molecule has 2 aliphatic heterocycles. The third kappa shape index (κ3) is 4.30. The summed E-state index contributed by atoms with van der Waals surface area (Å²) >= 11 is 1.38. The predicted molar refractivity (Wildman–Crippen MR) is 127 cm³/mol. The molecule has 32 heavy (non-hydrogen) atoms. The van der Waals surface area contributed by atoms with Crippen molar-refractivity contribution in [1.82, 2.24) is 9.88 Å². The highest BCUT2D eigenvalue weighted by molar-refractivity contribution is 8.18. The molecule has 1 fully saturated rings. The number of phenolic OH excluding ortho intramolecular Hbond substituents is 1. The van der Waals surface area contributed by atoms with E-state index in [-0.39, 0.29) is 11.7 Å². The van der Waals surface area contributed by atoms with Gasteiger partial charge in [-0.05, 0) is 53.7 Å². The number of amides is 1. The van der Waals surface area contributed by atoms with Crippen LogP contribution in [-0.4, -0.2) is 52.4 Å². The molecule has 2 aliphatic rings. The minimum absolute atomic E-state index is 0.221. The van der Waals surface area contributed by atoms with Gasteiger partial charge in [0, 0.05) is 24.2 Å². The molecule has 0 spiro atoms. The fraction of sp³-hybridized carbons (Fsp3) is 0.160. The molecule has 1 N–H and O–H groups in total. The summed E-state index contributed by atoms with van der Waals surface area (Å²) in [5.41, 5.74) is 4.02. The van der Waals surface area contributed by atoms with Crippen molar-refractivity contribution in [1.29, 1.82) is 0 Å². The molecule has 0 radical (unpaired) electrons. The zero-order valence-corrected chi connectivity index (χ0v) is 18.1. The van der Waals surface area contributed by atoms with Gasteiger partial charge in [-0.2, -0.15) is 4.99 Å². The van der Waals surface area contributed by atoms with Crippen molar-refractivity contribution in [3.05, 3.63) is 77.3 Å². The molecule has 0 saturated carbocycles. The van der Waals surface area contributed by atoms with E-state index in [1.807, 2.05) is 60.7 Å². The van der Waals surface area contributed by atoms with Crippen LogP contribution in [0.4, 0.5) is 0 Å². The van der Waals surface area contributed by atoms with Crippen molar-refractivity contribution in [3.8, 4) is 28.1 Å². The lowest BCUT2D eigenvalue weighted by Crippen LogP contribution is -2.38. The van der Waals surface area contributed by atoms with Crippen LogP contribution in [0.2, 0.25) is 0 Å². The Morgan fingerprint density at radius 2 is 1.78 bits per heavy atom. The van der Waals surface area contributed by atoms with Crippen molar-refractivity contribution in [2.45, 2.75) is 0 Å². The SMILES string of the molecule is O=C1N=C(N2CCOCC2)S/C1=C\c1cccc(-c2ccc(O)c(-c3ccccc3)c2)n1. The third-order valence-corrected chi connectivity index (χ3v) is 6.36. The Morgan fingerprint density at radius 1 is 0.969 bits per heavy atom. The normalized spacial score (nSPS) is 17.6. The van der Waals surface area contributed by atoms with Gasteiger partial charge in [0.25, 0.3) is 5.91 Å². The van der Waals surface area contributed by atoms with E-state index in [0.717, 1.165) is 40.6 Å². The number of rotatable bonds is 3.